The summed E-state index contributed by atoms with van der Waals surface area (Å²) in [4.78, 5) is 6.46. The van der Waals surface area contributed by atoms with E-state index < -0.39 is 9.84 Å². The number of rotatable bonds is 12. The van der Waals surface area contributed by atoms with Crippen LogP contribution in [0.4, 0.5) is 0 Å². The van der Waals surface area contributed by atoms with Crippen LogP contribution in [0, 0.1) is 5.92 Å². The number of sulfone groups is 1. The highest BCUT2D eigenvalue weighted by Crippen LogP contribution is 2.30. The van der Waals surface area contributed by atoms with Gasteiger partial charge in [-0.25, -0.2) is 13.4 Å². The third kappa shape index (κ3) is 7.15. The fourth-order valence-corrected chi connectivity index (χ4v) is 5.48. The molecule has 33 heavy (non-hydrogen) atoms. The molecule has 1 saturated carbocycles. The van der Waals surface area contributed by atoms with Crippen LogP contribution in [-0.4, -0.2) is 61.4 Å². The van der Waals surface area contributed by atoms with E-state index in [0.717, 1.165) is 12.2 Å². The number of hydrogen-bond acceptors (Lipinski definition) is 6. The van der Waals surface area contributed by atoms with Crippen LogP contribution in [0.5, 0.6) is 5.75 Å². The van der Waals surface area contributed by atoms with Gasteiger partial charge in [-0.3, -0.25) is 0 Å². The molecule has 1 aliphatic carbocycles. The van der Waals surface area contributed by atoms with Crippen molar-refractivity contribution in [1.29, 1.82) is 0 Å². The zero-order valence-corrected chi connectivity index (χ0v) is 21.4. The van der Waals surface area contributed by atoms with Crippen LogP contribution in [0.25, 0.3) is 0 Å². The van der Waals surface area contributed by atoms with E-state index in [-0.39, 0.29) is 17.0 Å². The normalized spacial score (nSPS) is 13.8. The fourth-order valence-electron chi connectivity index (χ4n) is 3.60. The summed E-state index contributed by atoms with van der Waals surface area (Å²) in [7, 11) is -0.532. The Morgan fingerprint density at radius 1 is 1.33 bits per heavy atom. The van der Waals surface area contributed by atoms with Gasteiger partial charge in [-0.05, 0) is 62.5 Å². The van der Waals surface area contributed by atoms with E-state index in [2.05, 4.69) is 15.2 Å². The third-order valence-electron chi connectivity index (χ3n) is 5.42. The van der Waals surface area contributed by atoms with E-state index in [0.29, 0.717) is 42.0 Å². The molecular formula is C23H34N4O4S2. The molecule has 3 rings (SSSR count). The number of ether oxygens (including phenoxy) is 2. The van der Waals surface area contributed by atoms with Crippen molar-refractivity contribution in [2.75, 3.05) is 27.4 Å². The minimum atomic E-state index is -3.69. The molecule has 0 unspecified atom stereocenters. The Balaban J connectivity index is 1.88. The highest BCUT2D eigenvalue weighted by molar-refractivity contribution is 7.90. The van der Waals surface area contributed by atoms with Crippen LogP contribution < -0.4 is 10.1 Å². The van der Waals surface area contributed by atoms with Crippen LogP contribution in [0.15, 0.2) is 35.6 Å². The summed E-state index contributed by atoms with van der Waals surface area (Å²) < 4.78 is 38.9. The second kappa shape index (κ2) is 11.3. The number of hydrogen-bond donors (Lipinski definition) is 1. The molecule has 0 aliphatic heterocycles. The van der Waals surface area contributed by atoms with Crippen molar-refractivity contribution in [3.63, 3.8) is 0 Å². The number of nitrogens with one attached hydrogen (secondary N) is 1. The molecule has 0 atom stereocenters. The molecule has 0 radical (unpaired) electrons. The quantitative estimate of drug-likeness (QED) is 0.451. The summed E-state index contributed by atoms with van der Waals surface area (Å²) >= 11 is 5.65. The SMILES string of the molecule is COCCn1c(CN(CC2CC2)C(=S)NC(C)C)cnc1S(=O)(=O)Cc1cccc(OC)c1. The van der Waals surface area contributed by atoms with Crippen molar-refractivity contribution in [2.45, 2.75) is 56.7 Å². The van der Waals surface area contributed by atoms with Crippen LogP contribution in [0.1, 0.15) is 37.9 Å². The van der Waals surface area contributed by atoms with Gasteiger partial charge in [0.2, 0.25) is 15.0 Å². The monoisotopic (exact) mass is 494 g/mol. The Morgan fingerprint density at radius 2 is 2.09 bits per heavy atom. The van der Waals surface area contributed by atoms with E-state index in [1.54, 1.807) is 49.2 Å². The molecule has 1 aromatic carbocycles. The Hall–Kier alpha value is -2.17. The van der Waals surface area contributed by atoms with Crippen LogP contribution in [-0.2, 0) is 33.4 Å². The Labute approximate surface area is 202 Å². The average molecular weight is 495 g/mol. The number of benzene rings is 1. The first-order chi connectivity index (χ1) is 15.7. The molecule has 10 heteroatoms. The molecule has 1 N–H and O–H groups in total. The Bertz CT molecular complexity index is 1050. The molecule has 1 aliphatic rings. The van der Waals surface area contributed by atoms with Gasteiger partial charge in [0.05, 0.1) is 37.9 Å². The van der Waals surface area contributed by atoms with E-state index in [4.69, 9.17) is 21.7 Å². The van der Waals surface area contributed by atoms with E-state index >= 15 is 0 Å². The smallest absolute Gasteiger partial charge is 0.228 e. The van der Waals surface area contributed by atoms with Crippen molar-refractivity contribution in [3.8, 4) is 5.75 Å². The average Bonchev–Trinajstić information content (AvgIpc) is 3.48. The van der Waals surface area contributed by atoms with Gasteiger partial charge in [-0.1, -0.05) is 12.1 Å². The maximum atomic E-state index is 13.3. The lowest BCUT2D eigenvalue weighted by atomic mass is 10.2. The highest BCUT2D eigenvalue weighted by Gasteiger charge is 2.28. The van der Waals surface area contributed by atoms with Gasteiger partial charge in [-0.2, -0.15) is 0 Å². The lowest BCUT2D eigenvalue weighted by Gasteiger charge is -2.27. The molecular weight excluding hydrogens is 460 g/mol. The number of imidazole rings is 1. The largest absolute Gasteiger partial charge is 0.497 e. The summed E-state index contributed by atoms with van der Waals surface area (Å²) in [6, 6.07) is 7.29. The summed E-state index contributed by atoms with van der Waals surface area (Å²) in [5, 5.41) is 4.04. The number of thiocarbonyl (C=S) groups is 1. The molecule has 182 valence electrons. The van der Waals surface area contributed by atoms with Crippen molar-refractivity contribution >= 4 is 27.2 Å². The van der Waals surface area contributed by atoms with Crippen molar-refractivity contribution in [2.24, 2.45) is 5.92 Å². The summed E-state index contributed by atoms with van der Waals surface area (Å²) in [6.07, 6.45) is 4.04. The van der Waals surface area contributed by atoms with Gasteiger partial charge >= 0.3 is 0 Å². The Kier molecular flexibility index (Phi) is 8.72. The van der Waals surface area contributed by atoms with Gasteiger partial charge in [0.25, 0.3) is 0 Å². The van der Waals surface area contributed by atoms with Gasteiger partial charge in [0.1, 0.15) is 5.75 Å². The predicted octanol–water partition coefficient (Wildman–Crippen LogP) is 3.01. The molecule has 0 bridgehead atoms. The van der Waals surface area contributed by atoms with Gasteiger partial charge < -0.3 is 24.3 Å². The summed E-state index contributed by atoms with van der Waals surface area (Å²) in [5.41, 5.74) is 1.44. The predicted molar refractivity (Wildman–Crippen MR) is 132 cm³/mol. The lowest BCUT2D eigenvalue weighted by Crippen LogP contribution is -2.43. The molecule has 1 fully saturated rings. The van der Waals surface area contributed by atoms with E-state index in [9.17, 15) is 8.42 Å². The van der Waals surface area contributed by atoms with Crippen molar-refractivity contribution < 1.29 is 17.9 Å². The first-order valence-electron chi connectivity index (χ1n) is 11.2. The van der Waals surface area contributed by atoms with Gasteiger partial charge in [0.15, 0.2) is 5.11 Å². The summed E-state index contributed by atoms with van der Waals surface area (Å²) in [5.74, 6) is 1.09. The maximum absolute atomic E-state index is 13.3. The van der Waals surface area contributed by atoms with Crippen LogP contribution in [0.2, 0.25) is 0 Å². The lowest BCUT2D eigenvalue weighted by molar-refractivity contribution is 0.182. The number of methoxy groups -OCH3 is 2. The maximum Gasteiger partial charge on any atom is 0.228 e. The third-order valence-corrected chi connectivity index (χ3v) is 7.39. The van der Waals surface area contributed by atoms with Crippen molar-refractivity contribution in [1.82, 2.24) is 19.8 Å². The number of nitrogens with zero attached hydrogens (tertiary/aromatic N) is 3. The fraction of sp³-hybridized carbons (Fsp3) is 0.565. The van der Waals surface area contributed by atoms with Gasteiger partial charge in [-0.15, -0.1) is 0 Å². The topological polar surface area (TPSA) is 85.7 Å². The van der Waals surface area contributed by atoms with Crippen molar-refractivity contribution in [3.05, 3.63) is 41.7 Å². The highest BCUT2D eigenvalue weighted by atomic mass is 32.2. The molecule has 0 spiro atoms. The molecule has 1 heterocycles. The zero-order chi connectivity index (χ0) is 24.0. The standard InChI is InChI=1S/C23H34N4O4S2/c1-17(2)25-22(32)26(14-18-8-9-18)15-20-13-24-23(27(20)10-11-30-3)33(28,29)16-19-6-5-7-21(12-19)31-4/h5-7,12-13,17-18H,8-11,14-16H2,1-4H3,(H,25,32). The van der Waals surface area contributed by atoms with Gasteiger partial charge in [0, 0.05) is 26.2 Å². The minimum absolute atomic E-state index is 0.0477. The second-order valence-corrected chi connectivity index (χ2v) is 11.0. The minimum Gasteiger partial charge on any atom is -0.497 e. The van der Waals surface area contributed by atoms with E-state index in [1.165, 1.54) is 12.8 Å². The van der Waals surface area contributed by atoms with Crippen LogP contribution in [0.3, 0.4) is 0 Å². The first kappa shape index (κ1) is 25.5. The Morgan fingerprint density at radius 3 is 2.73 bits per heavy atom. The first-order valence-corrected chi connectivity index (χ1v) is 13.2. The van der Waals surface area contributed by atoms with Crippen LogP contribution >= 0.6 is 12.2 Å². The number of aromatic nitrogens is 2. The summed E-state index contributed by atoms with van der Waals surface area (Å²) in [6.45, 7) is 6.20. The second-order valence-electron chi connectivity index (χ2n) is 8.72. The molecule has 0 amide bonds. The molecule has 0 saturated heterocycles. The molecule has 1 aromatic heterocycles. The zero-order valence-electron chi connectivity index (χ0n) is 19.8. The molecule has 8 nitrogen and oxygen atoms in total. The molecule has 2 aromatic rings. The van der Waals surface area contributed by atoms with E-state index in [1.807, 2.05) is 13.8 Å².